The average Bonchev–Trinajstić information content (AvgIpc) is 2.60. The van der Waals surface area contributed by atoms with Crippen molar-refractivity contribution in [1.82, 2.24) is 0 Å². The smallest absolute Gasteiger partial charge is 0.122 e. The maximum atomic E-state index is 5.80. The first-order valence-electron chi connectivity index (χ1n) is 5.12. The van der Waals surface area contributed by atoms with Crippen LogP contribution in [0.4, 0.5) is 0 Å². The third kappa shape index (κ3) is 2.51. The van der Waals surface area contributed by atoms with Crippen LogP contribution in [0.3, 0.4) is 0 Å². The summed E-state index contributed by atoms with van der Waals surface area (Å²) in [5.74, 6) is 7.09. The van der Waals surface area contributed by atoms with Crippen LogP contribution in [0.1, 0.15) is 25.0 Å². The van der Waals surface area contributed by atoms with Gasteiger partial charge in [-0.05, 0) is 37.6 Å². The molecule has 78 valence electrons. The van der Waals surface area contributed by atoms with E-state index in [1.165, 1.54) is 5.56 Å². The van der Waals surface area contributed by atoms with E-state index in [9.17, 15) is 0 Å². The summed E-state index contributed by atoms with van der Waals surface area (Å²) in [7, 11) is 0. The van der Waals surface area contributed by atoms with Crippen molar-refractivity contribution in [3.8, 4) is 17.6 Å². The van der Waals surface area contributed by atoms with E-state index in [0.717, 1.165) is 24.3 Å². The van der Waals surface area contributed by atoms with Crippen LogP contribution in [0.15, 0.2) is 18.2 Å². The summed E-state index contributed by atoms with van der Waals surface area (Å²) in [5.41, 5.74) is 7.62. The molecule has 2 heteroatoms. The minimum absolute atomic E-state index is 0.435. The molecule has 0 spiro atoms. The van der Waals surface area contributed by atoms with Crippen LogP contribution in [0.25, 0.3) is 0 Å². The Morgan fingerprint density at radius 1 is 1.40 bits per heavy atom. The molecule has 1 aromatic carbocycles. The summed E-state index contributed by atoms with van der Waals surface area (Å²) < 4.78 is 5.43. The van der Waals surface area contributed by atoms with Gasteiger partial charge in [-0.25, -0.2) is 0 Å². The van der Waals surface area contributed by atoms with E-state index in [1.54, 1.807) is 0 Å². The Balaban J connectivity index is 2.27. The van der Waals surface area contributed by atoms with Crippen molar-refractivity contribution < 1.29 is 4.74 Å². The minimum atomic E-state index is -0.435. The second kappa shape index (κ2) is 3.60. The lowest BCUT2D eigenvalue weighted by Crippen LogP contribution is -2.29. The fourth-order valence-electron chi connectivity index (χ4n) is 1.50. The van der Waals surface area contributed by atoms with Crippen molar-refractivity contribution in [2.24, 2.45) is 5.73 Å². The summed E-state index contributed by atoms with van der Waals surface area (Å²) in [6.07, 6.45) is 0.983. The van der Waals surface area contributed by atoms with E-state index in [1.807, 2.05) is 26.0 Å². The number of rotatable bonds is 0. The number of nitrogens with two attached hydrogens (primary N) is 1. The first-order valence-corrected chi connectivity index (χ1v) is 5.12. The normalized spacial score (nSPS) is 13.8. The van der Waals surface area contributed by atoms with Crippen LogP contribution in [0.2, 0.25) is 0 Å². The van der Waals surface area contributed by atoms with Gasteiger partial charge in [0.2, 0.25) is 0 Å². The molecule has 0 saturated heterocycles. The Bertz CT molecular complexity index is 432. The van der Waals surface area contributed by atoms with Gasteiger partial charge >= 0.3 is 0 Å². The van der Waals surface area contributed by atoms with Crippen LogP contribution in [0, 0.1) is 11.8 Å². The summed E-state index contributed by atoms with van der Waals surface area (Å²) >= 11 is 0. The molecule has 0 amide bonds. The Hall–Kier alpha value is -1.46. The van der Waals surface area contributed by atoms with E-state index in [2.05, 4.69) is 17.9 Å². The Morgan fingerprint density at radius 2 is 2.20 bits per heavy atom. The molecule has 15 heavy (non-hydrogen) atoms. The van der Waals surface area contributed by atoms with Crippen molar-refractivity contribution >= 4 is 0 Å². The molecule has 0 radical (unpaired) electrons. The van der Waals surface area contributed by atoms with E-state index >= 15 is 0 Å². The SMILES string of the molecule is CC(C)(N)C#Cc1ccc2c(c1)CCO2. The largest absolute Gasteiger partial charge is 0.493 e. The minimum Gasteiger partial charge on any atom is -0.493 e. The van der Waals surface area contributed by atoms with Crippen molar-refractivity contribution in [2.75, 3.05) is 6.61 Å². The Labute approximate surface area is 90.4 Å². The molecule has 1 aromatic rings. The molecule has 1 heterocycles. The van der Waals surface area contributed by atoms with Crippen molar-refractivity contribution in [3.05, 3.63) is 29.3 Å². The maximum absolute atomic E-state index is 5.80. The topological polar surface area (TPSA) is 35.2 Å². The van der Waals surface area contributed by atoms with Crippen LogP contribution >= 0.6 is 0 Å². The zero-order valence-corrected chi connectivity index (χ0v) is 9.13. The van der Waals surface area contributed by atoms with Crippen LogP contribution in [-0.2, 0) is 6.42 Å². The van der Waals surface area contributed by atoms with E-state index in [4.69, 9.17) is 10.5 Å². The second-order valence-electron chi connectivity index (χ2n) is 4.39. The molecule has 0 unspecified atom stereocenters. The predicted molar refractivity (Wildman–Crippen MR) is 60.8 cm³/mol. The Morgan fingerprint density at radius 3 is 2.93 bits per heavy atom. The molecule has 0 aliphatic carbocycles. The van der Waals surface area contributed by atoms with Crippen LogP contribution in [0.5, 0.6) is 5.75 Å². The zero-order valence-electron chi connectivity index (χ0n) is 9.13. The first kappa shape index (κ1) is 10.1. The fourth-order valence-corrected chi connectivity index (χ4v) is 1.50. The van der Waals surface area contributed by atoms with Crippen molar-refractivity contribution in [2.45, 2.75) is 25.8 Å². The highest BCUT2D eigenvalue weighted by Crippen LogP contribution is 2.25. The van der Waals surface area contributed by atoms with Gasteiger partial charge in [0.1, 0.15) is 5.75 Å². The lowest BCUT2D eigenvalue weighted by Gasteiger charge is -2.07. The number of ether oxygens (including phenoxy) is 1. The fraction of sp³-hybridized carbons (Fsp3) is 0.385. The van der Waals surface area contributed by atoms with Crippen LogP contribution in [-0.4, -0.2) is 12.1 Å². The molecular formula is C13H15NO. The maximum Gasteiger partial charge on any atom is 0.122 e. The van der Waals surface area contributed by atoms with E-state index in [-0.39, 0.29) is 0 Å². The number of hydrogen-bond donors (Lipinski definition) is 1. The van der Waals surface area contributed by atoms with Gasteiger partial charge in [0.05, 0.1) is 12.1 Å². The number of hydrogen-bond acceptors (Lipinski definition) is 2. The lowest BCUT2D eigenvalue weighted by molar-refractivity contribution is 0.357. The predicted octanol–water partition coefficient (Wildman–Crippen LogP) is 1.71. The highest BCUT2D eigenvalue weighted by Gasteiger charge is 2.11. The molecule has 2 rings (SSSR count). The van der Waals surface area contributed by atoms with Gasteiger partial charge in [0.25, 0.3) is 0 Å². The number of fused-ring (bicyclic) bond motifs is 1. The zero-order chi connectivity index (χ0) is 10.9. The Kier molecular flexibility index (Phi) is 2.42. The van der Waals surface area contributed by atoms with Gasteiger partial charge in [-0.3, -0.25) is 0 Å². The highest BCUT2D eigenvalue weighted by atomic mass is 16.5. The van der Waals surface area contributed by atoms with Gasteiger partial charge in [0.15, 0.2) is 0 Å². The third-order valence-corrected chi connectivity index (χ3v) is 2.22. The monoisotopic (exact) mass is 201 g/mol. The highest BCUT2D eigenvalue weighted by molar-refractivity contribution is 5.46. The standard InChI is InChI=1S/C13H15NO/c1-13(2,14)7-5-10-3-4-12-11(9-10)6-8-15-12/h3-4,9H,6,8,14H2,1-2H3. The molecule has 2 nitrogen and oxygen atoms in total. The molecular weight excluding hydrogens is 186 g/mol. The summed E-state index contributed by atoms with van der Waals surface area (Å²) in [6, 6.07) is 6.04. The molecule has 1 aliphatic rings. The summed E-state index contributed by atoms with van der Waals surface area (Å²) in [5, 5.41) is 0. The van der Waals surface area contributed by atoms with E-state index < -0.39 is 5.54 Å². The quantitative estimate of drug-likeness (QED) is 0.648. The molecule has 1 aliphatic heterocycles. The van der Waals surface area contributed by atoms with Crippen molar-refractivity contribution in [3.63, 3.8) is 0 Å². The van der Waals surface area contributed by atoms with Gasteiger partial charge in [-0.2, -0.15) is 0 Å². The molecule has 0 saturated carbocycles. The van der Waals surface area contributed by atoms with E-state index in [0.29, 0.717) is 0 Å². The van der Waals surface area contributed by atoms with Crippen LogP contribution < -0.4 is 10.5 Å². The number of benzene rings is 1. The van der Waals surface area contributed by atoms with Gasteiger partial charge in [-0.1, -0.05) is 11.8 Å². The lowest BCUT2D eigenvalue weighted by atomic mass is 10.1. The molecule has 0 bridgehead atoms. The van der Waals surface area contributed by atoms with Gasteiger partial charge in [0, 0.05) is 12.0 Å². The summed E-state index contributed by atoms with van der Waals surface area (Å²) in [4.78, 5) is 0. The van der Waals surface area contributed by atoms with Gasteiger partial charge in [-0.15, -0.1) is 0 Å². The average molecular weight is 201 g/mol. The molecule has 0 aromatic heterocycles. The molecule has 0 atom stereocenters. The van der Waals surface area contributed by atoms with Crippen molar-refractivity contribution in [1.29, 1.82) is 0 Å². The summed E-state index contributed by atoms with van der Waals surface area (Å²) in [6.45, 7) is 4.58. The molecule has 0 fully saturated rings. The second-order valence-corrected chi connectivity index (χ2v) is 4.39. The van der Waals surface area contributed by atoms with Gasteiger partial charge < -0.3 is 10.5 Å². The molecule has 2 N–H and O–H groups in total. The first-order chi connectivity index (χ1) is 7.04. The third-order valence-electron chi connectivity index (χ3n) is 2.22.